The zero-order valence-corrected chi connectivity index (χ0v) is 14.1. The van der Waals surface area contributed by atoms with Gasteiger partial charge in [-0.3, -0.25) is 4.79 Å². The molecule has 0 heterocycles. The minimum Gasteiger partial charge on any atom is -0.444 e. The molecule has 0 spiro atoms. The molecule has 0 saturated carbocycles. The molecule has 122 valence electrons. The van der Waals surface area contributed by atoms with Crippen LogP contribution < -0.4 is 5.32 Å². The van der Waals surface area contributed by atoms with E-state index in [1.54, 1.807) is 25.7 Å². The summed E-state index contributed by atoms with van der Waals surface area (Å²) in [7, 11) is 0. The maximum Gasteiger partial charge on any atom is 0.408 e. The molecule has 0 aromatic heterocycles. The lowest BCUT2D eigenvalue weighted by Gasteiger charge is -2.27. The molecule has 0 aliphatic heterocycles. The van der Waals surface area contributed by atoms with Crippen molar-refractivity contribution in [1.82, 2.24) is 10.2 Å². The monoisotopic (exact) mass is 306 g/mol. The Balaban J connectivity index is 2.98. The Bertz CT molecular complexity index is 490. The Morgan fingerprint density at radius 3 is 2.14 bits per heavy atom. The van der Waals surface area contributed by atoms with Crippen molar-refractivity contribution in [2.24, 2.45) is 0 Å². The number of ether oxygens (including phenoxy) is 1. The minimum atomic E-state index is -0.740. The van der Waals surface area contributed by atoms with E-state index in [2.05, 4.69) is 5.32 Å². The number of nitrogens with zero attached hydrogens (tertiary/aromatic N) is 1. The van der Waals surface area contributed by atoms with Crippen LogP contribution in [0, 0.1) is 0 Å². The summed E-state index contributed by atoms with van der Waals surface area (Å²) in [6.45, 7) is 10.4. The molecule has 0 bridgehead atoms. The fraction of sp³-hybridized carbons (Fsp3) is 0.529. The third-order valence-corrected chi connectivity index (χ3v) is 3.12. The van der Waals surface area contributed by atoms with Gasteiger partial charge >= 0.3 is 6.09 Å². The second-order valence-electron chi connectivity index (χ2n) is 6.00. The first kappa shape index (κ1) is 18.0. The number of rotatable bonds is 5. The molecular weight excluding hydrogens is 280 g/mol. The van der Waals surface area contributed by atoms with Gasteiger partial charge < -0.3 is 15.0 Å². The van der Waals surface area contributed by atoms with Crippen molar-refractivity contribution >= 4 is 12.0 Å². The topological polar surface area (TPSA) is 58.6 Å². The van der Waals surface area contributed by atoms with Crippen LogP contribution in [-0.4, -0.2) is 35.6 Å². The summed E-state index contributed by atoms with van der Waals surface area (Å²) in [5.41, 5.74) is 0.133. The van der Waals surface area contributed by atoms with Gasteiger partial charge in [0.15, 0.2) is 0 Å². The SMILES string of the molecule is CCN(CC)C(=O)[C@@H](NC(=O)OC(C)(C)C)c1ccccc1. The molecule has 1 rings (SSSR count). The van der Waals surface area contributed by atoms with Gasteiger partial charge in [-0.25, -0.2) is 4.79 Å². The average molecular weight is 306 g/mol. The van der Waals surface area contributed by atoms with E-state index in [0.717, 1.165) is 5.56 Å². The Morgan fingerprint density at radius 1 is 1.14 bits per heavy atom. The zero-order valence-electron chi connectivity index (χ0n) is 14.1. The Hall–Kier alpha value is -2.04. The number of carbonyl (C=O) groups excluding carboxylic acids is 2. The van der Waals surface area contributed by atoms with Gasteiger partial charge in [-0.1, -0.05) is 30.3 Å². The van der Waals surface area contributed by atoms with Gasteiger partial charge in [0.1, 0.15) is 11.6 Å². The molecule has 1 aromatic rings. The first-order valence-corrected chi connectivity index (χ1v) is 7.61. The van der Waals surface area contributed by atoms with Crippen LogP contribution >= 0.6 is 0 Å². The van der Waals surface area contributed by atoms with Crippen LogP contribution in [0.5, 0.6) is 0 Å². The van der Waals surface area contributed by atoms with E-state index in [-0.39, 0.29) is 5.91 Å². The van der Waals surface area contributed by atoms with E-state index in [1.165, 1.54) is 0 Å². The zero-order chi connectivity index (χ0) is 16.8. The lowest BCUT2D eigenvalue weighted by Crippen LogP contribution is -2.44. The molecule has 2 amide bonds. The van der Waals surface area contributed by atoms with E-state index in [0.29, 0.717) is 13.1 Å². The molecule has 5 heteroatoms. The standard InChI is InChI=1S/C17H26N2O3/c1-6-19(7-2)15(20)14(13-11-9-8-10-12-13)18-16(21)22-17(3,4)5/h8-12,14H,6-7H2,1-5H3,(H,18,21)/t14-/m0/s1. The summed E-state index contributed by atoms with van der Waals surface area (Å²) < 4.78 is 5.27. The first-order chi connectivity index (χ1) is 10.3. The van der Waals surface area contributed by atoms with E-state index < -0.39 is 17.7 Å². The molecular formula is C17H26N2O3. The number of alkyl carbamates (subject to hydrolysis) is 1. The summed E-state index contributed by atoms with van der Waals surface area (Å²) in [5.74, 6) is -0.137. The van der Waals surface area contributed by atoms with Gasteiger partial charge in [0.25, 0.3) is 0 Å². The predicted octanol–water partition coefficient (Wildman–Crippen LogP) is 3.12. The van der Waals surface area contributed by atoms with Crippen molar-refractivity contribution < 1.29 is 14.3 Å². The highest BCUT2D eigenvalue weighted by atomic mass is 16.6. The maximum atomic E-state index is 12.7. The molecule has 0 radical (unpaired) electrons. The molecule has 1 atom stereocenters. The summed E-state index contributed by atoms with van der Waals surface area (Å²) >= 11 is 0. The first-order valence-electron chi connectivity index (χ1n) is 7.61. The van der Waals surface area contributed by atoms with E-state index in [9.17, 15) is 9.59 Å². The number of nitrogens with one attached hydrogen (secondary N) is 1. The van der Waals surface area contributed by atoms with Crippen molar-refractivity contribution in [1.29, 1.82) is 0 Å². The highest BCUT2D eigenvalue weighted by Gasteiger charge is 2.28. The molecule has 0 aliphatic carbocycles. The molecule has 1 aromatic carbocycles. The maximum absolute atomic E-state index is 12.7. The van der Waals surface area contributed by atoms with Gasteiger partial charge in [-0.2, -0.15) is 0 Å². The number of likely N-dealkylation sites (N-methyl/N-ethyl adjacent to an activating group) is 1. The number of amides is 2. The van der Waals surface area contributed by atoms with Crippen molar-refractivity contribution in [2.75, 3.05) is 13.1 Å². The second-order valence-corrected chi connectivity index (χ2v) is 6.00. The third kappa shape index (κ3) is 5.39. The summed E-state index contributed by atoms with van der Waals surface area (Å²) in [5, 5.41) is 2.69. The molecule has 5 nitrogen and oxygen atoms in total. The Kier molecular flexibility index (Phi) is 6.40. The van der Waals surface area contributed by atoms with Gasteiger partial charge in [0.05, 0.1) is 0 Å². The van der Waals surface area contributed by atoms with Gasteiger partial charge in [0.2, 0.25) is 5.91 Å². The number of hydrogen-bond donors (Lipinski definition) is 1. The average Bonchev–Trinajstić information content (AvgIpc) is 2.45. The second kappa shape index (κ2) is 7.82. The molecule has 22 heavy (non-hydrogen) atoms. The van der Waals surface area contributed by atoms with Gasteiger partial charge in [-0.05, 0) is 40.2 Å². The lowest BCUT2D eigenvalue weighted by molar-refractivity contribution is -0.133. The number of carbonyl (C=O) groups is 2. The fourth-order valence-corrected chi connectivity index (χ4v) is 2.08. The largest absolute Gasteiger partial charge is 0.444 e. The summed E-state index contributed by atoms with van der Waals surface area (Å²) in [4.78, 5) is 26.4. The van der Waals surface area contributed by atoms with Gasteiger partial charge in [0, 0.05) is 13.1 Å². The van der Waals surface area contributed by atoms with Crippen LogP contribution in [0.4, 0.5) is 4.79 Å². The van der Waals surface area contributed by atoms with Crippen LogP contribution in [-0.2, 0) is 9.53 Å². The van der Waals surface area contributed by atoms with E-state index in [1.807, 2.05) is 44.2 Å². The van der Waals surface area contributed by atoms with Crippen LogP contribution in [0.1, 0.15) is 46.2 Å². The van der Waals surface area contributed by atoms with E-state index in [4.69, 9.17) is 4.74 Å². The predicted molar refractivity (Wildman–Crippen MR) is 86.5 cm³/mol. The van der Waals surface area contributed by atoms with Crippen molar-refractivity contribution in [2.45, 2.75) is 46.3 Å². The van der Waals surface area contributed by atoms with Crippen LogP contribution in [0.2, 0.25) is 0 Å². The third-order valence-electron chi connectivity index (χ3n) is 3.12. The number of hydrogen-bond acceptors (Lipinski definition) is 3. The van der Waals surface area contributed by atoms with Crippen LogP contribution in [0.25, 0.3) is 0 Å². The molecule has 0 saturated heterocycles. The Morgan fingerprint density at radius 2 is 1.68 bits per heavy atom. The quantitative estimate of drug-likeness (QED) is 0.909. The normalized spacial score (nSPS) is 12.4. The molecule has 0 fully saturated rings. The van der Waals surface area contributed by atoms with Crippen LogP contribution in [0.15, 0.2) is 30.3 Å². The highest BCUT2D eigenvalue weighted by Crippen LogP contribution is 2.17. The molecule has 0 aliphatic rings. The van der Waals surface area contributed by atoms with Gasteiger partial charge in [-0.15, -0.1) is 0 Å². The van der Waals surface area contributed by atoms with E-state index >= 15 is 0 Å². The minimum absolute atomic E-state index is 0.137. The van der Waals surface area contributed by atoms with Crippen molar-refractivity contribution in [3.63, 3.8) is 0 Å². The smallest absolute Gasteiger partial charge is 0.408 e. The lowest BCUT2D eigenvalue weighted by atomic mass is 10.1. The fourth-order valence-electron chi connectivity index (χ4n) is 2.08. The molecule has 1 N–H and O–H groups in total. The highest BCUT2D eigenvalue weighted by molar-refractivity contribution is 5.87. The summed E-state index contributed by atoms with van der Waals surface area (Å²) in [6, 6.07) is 8.46. The molecule has 0 unspecified atom stereocenters. The van der Waals surface area contributed by atoms with Crippen molar-refractivity contribution in [3.05, 3.63) is 35.9 Å². The number of benzene rings is 1. The Labute approximate surface area is 132 Å². The van der Waals surface area contributed by atoms with Crippen molar-refractivity contribution in [3.8, 4) is 0 Å². The van der Waals surface area contributed by atoms with Crippen LogP contribution in [0.3, 0.4) is 0 Å². The summed E-state index contributed by atoms with van der Waals surface area (Å²) in [6.07, 6.45) is -0.596.